The summed E-state index contributed by atoms with van der Waals surface area (Å²) in [5.41, 5.74) is 2.92. The minimum atomic E-state index is -0.723. The number of nitrogens with zero attached hydrogens (tertiary/aromatic N) is 1. The zero-order chi connectivity index (χ0) is 24.2. The van der Waals surface area contributed by atoms with Crippen LogP contribution in [-0.2, 0) is 16.1 Å². The van der Waals surface area contributed by atoms with Gasteiger partial charge in [0.25, 0.3) is 11.7 Å². The number of carbonyl (C=O) groups is 2. The van der Waals surface area contributed by atoms with Crippen molar-refractivity contribution in [3.05, 3.63) is 101 Å². The first-order chi connectivity index (χ1) is 16.4. The van der Waals surface area contributed by atoms with Crippen molar-refractivity contribution in [3.8, 4) is 11.5 Å². The summed E-state index contributed by atoms with van der Waals surface area (Å²) in [6, 6.07) is 21.1. The van der Waals surface area contributed by atoms with Crippen molar-refractivity contribution in [2.75, 3.05) is 13.7 Å². The largest absolute Gasteiger partial charge is 0.507 e. The van der Waals surface area contributed by atoms with Crippen molar-refractivity contribution in [3.63, 3.8) is 0 Å². The van der Waals surface area contributed by atoms with Crippen molar-refractivity contribution >= 4 is 17.4 Å². The number of aliphatic hydroxyl groups is 1. The van der Waals surface area contributed by atoms with Gasteiger partial charge in [-0.05, 0) is 60.9 Å². The molecule has 3 aromatic rings. The van der Waals surface area contributed by atoms with Crippen LogP contribution in [0, 0.1) is 6.92 Å². The summed E-state index contributed by atoms with van der Waals surface area (Å²) in [5, 5.41) is 11.3. The van der Waals surface area contributed by atoms with Gasteiger partial charge in [0, 0.05) is 12.1 Å². The summed E-state index contributed by atoms with van der Waals surface area (Å²) in [5.74, 6) is -0.194. The number of likely N-dealkylation sites (tertiary alicyclic amines) is 1. The Labute approximate surface area is 199 Å². The number of methoxy groups -OCH3 is 1. The molecular formula is C28H27NO5. The molecular weight excluding hydrogens is 430 g/mol. The number of rotatable bonds is 7. The molecule has 1 heterocycles. The molecule has 6 nitrogen and oxygen atoms in total. The number of hydrogen-bond acceptors (Lipinski definition) is 5. The van der Waals surface area contributed by atoms with Crippen LogP contribution in [0.25, 0.3) is 5.76 Å². The van der Waals surface area contributed by atoms with Gasteiger partial charge in [0.05, 0.1) is 25.3 Å². The van der Waals surface area contributed by atoms with Gasteiger partial charge in [-0.1, -0.05) is 42.5 Å². The van der Waals surface area contributed by atoms with Gasteiger partial charge in [0.15, 0.2) is 0 Å². The smallest absolute Gasteiger partial charge is 0.295 e. The van der Waals surface area contributed by atoms with E-state index in [-0.39, 0.29) is 17.9 Å². The van der Waals surface area contributed by atoms with Gasteiger partial charge >= 0.3 is 0 Å². The van der Waals surface area contributed by atoms with E-state index in [4.69, 9.17) is 9.47 Å². The number of hydrogen-bond donors (Lipinski definition) is 1. The normalized spacial score (nSPS) is 17.1. The summed E-state index contributed by atoms with van der Waals surface area (Å²) in [4.78, 5) is 27.9. The van der Waals surface area contributed by atoms with Gasteiger partial charge in [-0.15, -0.1) is 0 Å². The van der Waals surface area contributed by atoms with Crippen molar-refractivity contribution in [2.24, 2.45) is 0 Å². The predicted molar refractivity (Wildman–Crippen MR) is 130 cm³/mol. The second-order valence-corrected chi connectivity index (χ2v) is 8.10. The number of amides is 1. The Bertz CT molecular complexity index is 1250. The van der Waals surface area contributed by atoms with Gasteiger partial charge in [-0.25, -0.2) is 0 Å². The molecule has 0 spiro atoms. The second kappa shape index (κ2) is 9.83. The van der Waals surface area contributed by atoms with Crippen LogP contribution in [0.3, 0.4) is 0 Å². The maximum Gasteiger partial charge on any atom is 0.295 e. The molecule has 34 heavy (non-hydrogen) atoms. The summed E-state index contributed by atoms with van der Waals surface area (Å²) < 4.78 is 10.9. The first-order valence-electron chi connectivity index (χ1n) is 11.1. The van der Waals surface area contributed by atoms with E-state index in [0.717, 1.165) is 16.7 Å². The van der Waals surface area contributed by atoms with Gasteiger partial charge in [-0.3, -0.25) is 9.59 Å². The van der Waals surface area contributed by atoms with Gasteiger partial charge in [0.1, 0.15) is 17.3 Å². The van der Waals surface area contributed by atoms with E-state index in [1.807, 2.05) is 68.4 Å². The molecule has 1 atom stereocenters. The fourth-order valence-electron chi connectivity index (χ4n) is 4.26. The number of aliphatic hydroxyl groups excluding tert-OH is 1. The second-order valence-electron chi connectivity index (χ2n) is 8.10. The highest BCUT2D eigenvalue weighted by molar-refractivity contribution is 6.46. The van der Waals surface area contributed by atoms with E-state index >= 15 is 0 Å². The zero-order valence-electron chi connectivity index (χ0n) is 19.4. The molecule has 0 aliphatic carbocycles. The number of carbonyl (C=O) groups excluding carboxylic acids is 2. The number of aryl methyl sites for hydroxylation is 1. The van der Waals surface area contributed by atoms with Crippen molar-refractivity contribution in [1.82, 2.24) is 4.90 Å². The molecule has 0 aromatic heterocycles. The molecule has 0 radical (unpaired) electrons. The summed E-state index contributed by atoms with van der Waals surface area (Å²) in [6.07, 6.45) is 0. The van der Waals surface area contributed by atoms with E-state index in [9.17, 15) is 14.7 Å². The quantitative estimate of drug-likeness (QED) is 0.306. The van der Waals surface area contributed by atoms with Crippen LogP contribution < -0.4 is 9.47 Å². The van der Waals surface area contributed by atoms with Crippen LogP contribution in [0.2, 0.25) is 0 Å². The van der Waals surface area contributed by atoms with Crippen molar-refractivity contribution < 1.29 is 24.2 Å². The van der Waals surface area contributed by atoms with Crippen molar-refractivity contribution in [1.29, 1.82) is 0 Å². The Morgan fingerprint density at radius 3 is 2.44 bits per heavy atom. The Kier molecular flexibility index (Phi) is 6.68. The third-order valence-corrected chi connectivity index (χ3v) is 5.89. The fraction of sp³-hybridized carbons (Fsp3) is 0.214. The fourth-order valence-corrected chi connectivity index (χ4v) is 4.26. The maximum atomic E-state index is 13.2. The predicted octanol–water partition coefficient (Wildman–Crippen LogP) is 5.02. The number of ether oxygens (including phenoxy) is 2. The Morgan fingerprint density at radius 1 is 1.00 bits per heavy atom. The van der Waals surface area contributed by atoms with Crippen LogP contribution >= 0.6 is 0 Å². The highest BCUT2D eigenvalue weighted by Crippen LogP contribution is 2.40. The first kappa shape index (κ1) is 23.1. The van der Waals surface area contributed by atoms with Crippen LogP contribution in [0.5, 0.6) is 11.5 Å². The van der Waals surface area contributed by atoms with Crippen LogP contribution in [0.4, 0.5) is 0 Å². The Morgan fingerprint density at radius 2 is 1.76 bits per heavy atom. The van der Waals surface area contributed by atoms with E-state index in [1.165, 1.54) is 4.90 Å². The SMILES string of the molecule is CCOc1ccc(/C(O)=C2/C(=O)C(=O)N(Cc3cccc(OC)c3)C2c2ccccc2)cc1C. The average molecular weight is 458 g/mol. The monoisotopic (exact) mass is 457 g/mol. The number of ketones is 1. The molecule has 6 heteroatoms. The minimum Gasteiger partial charge on any atom is -0.507 e. The lowest BCUT2D eigenvalue weighted by Crippen LogP contribution is -2.29. The first-order valence-corrected chi connectivity index (χ1v) is 11.1. The van der Waals surface area contributed by atoms with Crippen LogP contribution in [0.15, 0.2) is 78.4 Å². The van der Waals surface area contributed by atoms with Crippen molar-refractivity contribution in [2.45, 2.75) is 26.4 Å². The van der Waals surface area contributed by atoms with Crippen LogP contribution in [-0.4, -0.2) is 35.4 Å². The highest BCUT2D eigenvalue weighted by atomic mass is 16.5. The van der Waals surface area contributed by atoms with Crippen LogP contribution in [0.1, 0.15) is 35.2 Å². The summed E-state index contributed by atoms with van der Waals surface area (Å²) in [6.45, 7) is 4.49. The Hall–Kier alpha value is -4.06. The molecule has 1 aliphatic heterocycles. The topological polar surface area (TPSA) is 76.1 Å². The zero-order valence-corrected chi connectivity index (χ0v) is 19.4. The lowest BCUT2D eigenvalue weighted by molar-refractivity contribution is -0.140. The van der Waals surface area contributed by atoms with E-state index in [2.05, 4.69) is 0 Å². The van der Waals surface area contributed by atoms with Gasteiger partial charge in [0.2, 0.25) is 0 Å². The molecule has 1 unspecified atom stereocenters. The molecule has 1 fully saturated rings. The molecule has 3 aromatic carbocycles. The average Bonchev–Trinajstić information content (AvgIpc) is 3.10. The third kappa shape index (κ3) is 4.39. The maximum absolute atomic E-state index is 13.2. The van der Waals surface area contributed by atoms with E-state index in [0.29, 0.717) is 23.7 Å². The molecule has 1 aliphatic rings. The highest BCUT2D eigenvalue weighted by Gasteiger charge is 2.46. The third-order valence-electron chi connectivity index (χ3n) is 5.89. The summed E-state index contributed by atoms with van der Waals surface area (Å²) in [7, 11) is 1.58. The van der Waals surface area contributed by atoms with Gasteiger partial charge in [-0.2, -0.15) is 0 Å². The Balaban J connectivity index is 1.81. The minimum absolute atomic E-state index is 0.0719. The summed E-state index contributed by atoms with van der Waals surface area (Å²) >= 11 is 0. The molecule has 4 rings (SSSR count). The van der Waals surface area contributed by atoms with Gasteiger partial charge < -0.3 is 19.5 Å². The molecule has 0 saturated carbocycles. The molecule has 1 saturated heterocycles. The molecule has 174 valence electrons. The number of benzene rings is 3. The van der Waals surface area contributed by atoms with E-state index < -0.39 is 17.7 Å². The lowest BCUT2D eigenvalue weighted by Gasteiger charge is -2.25. The molecule has 1 amide bonds. The number of Topliss-reactive ketones (excluding diaryl/α,β-unsaturated/α-hetero) is 1. The lowest BCUT2D eigenvalue weighted by atomic mass is 9.94. The van der Waals surface area contributed by atoms with E-state index in [1.54, 1.807) is 25.3 Å². The molecule has 1 N–H and O–H groups in total. The molecule has 0 bridgehead atoms. The standard InChI is InChI=1S/C28H27NO5/c1-4-34-23-14-13-21(15-18(23)2)26(30)24-25(20-10-6-5-7-11-20)29(28(32)27(24)31)17-19-9-8-12-22(16-19)33-3/h5-16,25,30H,4,17H2,1-3H3/b26-24-.